The van der Waals surface area contributed by atoms with E-state index in [0.717, 1.165) is 5.56 Å². The maximum atomic E-state index is 12.9. The van der Waals surface area contributed by atoms with Crippen molar-refractivity contribution >= 4 is 46.0 Å². The third-order valence-corrected chi connectivity index (χ3v) is 6.43. The lowest BCUT2D eigenvalue weighted by Gasteiger charge is -2.35. The Morgan fingerprint density at radius 2 is 1.82 bits per heavy atom. The van der Waals surface area contributed by atoms with Gasteiger partial charge < -0.3 is 19.3 Å². The number of benzene rings is 2. The molecule has 172 valence electrons. The van der Waals surface area contributed by atoms with E-state index in [2.05, 4.69) is 15.3 Å². The van der Waals surface area contributed by atoms with Crippen LogP contribution in [0.25, 0.3) is 0 Å². The van der Waals surface area contributed by atoms with Gasteiger partial charge in [0.15, 0.2) is 0 Å². The molecule has 0 saturated heterocycles. The molecule has 0 aliphatic heterocycles. The molecule has 1 aliphatic carbocycles. The summed E-state index contributed by atoms with van der Waals surface area (Å²) < 4.78 is 23.8. The van der Waals surface area contributed by atoms with Crippen LogP contribution in [0.4, 0.5) is 5.69 Å². The van der Waals surface area contributed by atoms with Gasteiger partial charge in [-0.3, -0.25) is 4.79 Å². The number of ether oxygens (including phenoxy) is 2. The maximum absolute atomic E-state index is 12.9. The highest BCUT2D eigenvalue weighted by atomic mass is 35.5. The summed E-state index contributed by atoms with van der Waals surface area (Å²) in [4.78, 5) is 21.2. The molecule has 1 aromatic heterocycles. The quantitative estimate of drug-likeness (QED) is 0.345. The van der Waals surface area contributed by atoms with Gasteiger partial charge in [0.25, 0.3) is 5.91 Å². The van der Waals surface area contributed by atoms with Crippen LogP contribution in [0.2, 0.25) is 10.0 Å². The van der Waals surface area contributed by atoms with E-state index < -0.39 is 17.1 Å². The van der Waals surface area contributed by atoms with Crippen LogP contribution < -0.4 is 10.1 Å². The molecule has 0 spiro atoms. The molecule has 1 N–H and O–H groups in total. The Labute approximate surface area is 204 Å². The van der Waals surface area contributed by atoms with Gasteiger partial charge in [-0.15, -0.1) is 4.98 Å². The van der Waals surface area contributed by atoms with E-state index in [1.165, 1.54) is 12.5 Å². The van der Waals surface area contributed by atoms with Gasteiger partial charge in [-0.1, -0.05) is 59.6 Å². The van der Waals surface area contributed by atoms with Crippen LogP contribution in [0, 0.1) is 0 Å². The Hall–Kier alpha value is -2.36. The van der Waals surface area contributed by atoms with Gasteiger partial charge in [0.05, 0.1) is 34.6 Å². The van der Waals surface area contributed by atoms with Gasteiger partial charge in [-0.05, 0) is 17.7 Å². The minimum absolute atomic E-state index is 0.0519. The molecule has 1 unspecified atom stereocenters. The molecule has 33 heavy (non-hydrogen) atoms. The highest BCUT2D eigenvalue weighted by Gasteiger charge is 2.34. The standard InChI is InChI=1S/C23H21Cl2N3O4S/c1-33(30)23-26-12-17(21(29)27-20-18(24)8-5-9-19(20)25)22(28-23)32-16-10-15(11-16)31-13-14-6-3-2-4-7-14/h2-9,12,15-16H,10-11,13H2,1H3,(H,27,29). The van der Waals surface area contributed by atoms with E-state index in [1.54, 1.807) is 18.2 Å². The number of hydrogen-bond acceptors (Lipinski definition) is 6. The fourth-order valence-electron chi connectivity index (χ4n) is 3.23. The Morgan fingerprint density at radius 3 is 2.48 bits per heavy atom. The molecule has 4 rings (SSSR count). The van der Waals surface area contributed by atoms with Gasteiger partial charge in [-0.25, -0.2) is 0 Å². The van der Waals surface area contributed by atoms with Crippen molar-refractivity contribution in [3.05, 3.63) is 75.9 Å². The number of halogens is 2. The molecule has 0 bridgehead atoms. The SMILES string of the molecule is C[S+]([O-])c1ncc(C(=O)Nc2c(Cl)cccc2Cl)c(OC2CC(OCc3ccccc3)C2)n1. The highest BCUT2D eigenvalue weighted by molar-refractivity contribution is 7.90. The topological polar surface area (TPSA) is 96.4 Å². The van der Waals surface area contributed by atoms with Crippen molar-refractivity contribution in [2.45, 2.75) is 36.8 Å². The van der Waals surface area contributed by atoms with Crippen molar-refractivity contribution < 1.29 is 18.8 Å². The summed E-state index contributed by atoms with van der Waals surface area (Å²) in [5, 5.41) is 3.34. The molecule has 10 heteroatoms. The second-order valence-corrected chi connectivity index (χ2v) is 9.59. The van der Waals surface area contributed by atoms with Crippen molar-refractivity contribution in [1.82, 2.24) is 9.97 Å². The smallest absolute Gasteiger partial charge is 0.345 e. The number of carbonyl (C=O) groups excluding carboxylic acids is 1. The number of rotatable bonds is 8. The number of anilines is 1. The van der Waals surface area contributed by atoms with E-state index >= 15 is 0 Å². The lowest BCUT2D eigenvalue weighted by Crippen LogP contribution is -2.40. The second kappa shape index (κ2) is 10.7. The molecule has 1 amide bonds. The average Bonchev–Trinajstić information content (AvgIpc) is 2.78. The van der Waals surface area contributed by atoms with Gasteiger partial charge in [-0.2, -0.15) is 4.98 Å². The molecule has 0 radical (unpaired) electrons. The first-order valence-corrected chi connectivity index (χ1v) is 12.5. The number of nitrogens with zero attached hydrogens (tertiary/aromatic N) is 2. The molecule has 1 saturated carbocycles. The van der Waals surface area contributed by atoms with Crippen molar-refractivity contribution in [2.24, 2.45) is 0 Å². The maximum Gasteiger partial charge on any atom is 0.345 e. The van der Waals surface area contributed by atoms with Gasteiger partial charge in [0.1, 0.15) is 17.9 Å². The van der Waals surface area contributed by atoms with E-state index in [-0.39, 0.29) is 34.5 Å². The molecule has 7 nitrogen and oxygen atoms in total. The number of aromatic nitrogens is 2. The average molecular weight is 506 g/mol. The van der Waals surface area contributed by atoms with Crippen LogP contribution in [-0.2, 0) is 22.5 Å². The Balaban J connectivity index is 1.43. The summed E-state index contributed by atoms with van der Waals surface area (Å²) in [5.74, 6) is -0.480. The Kier molecular flexibility index (Phi) is 7.72. The largest absolute Gasteiger partial charge is 0.609 e. The third-order valence-electron chi connectivity index (χ3n) is 5.09. The first-order valence-electron chi connectivity index (χ1n) is 10.2. The van der Waals surface area contributed by atoms with Crippen LogP contribution in [-0.4, -0.2) is 38.9 Å². The van der Waals surface area contributed by atoms with E-state index in [0.29, 0.717) is 29.5 Å². The van der Waals surface area contributed by atoms with Crippen LogP contribution in [0.15, 0.2) is 59.9 Å². The van der Waals surface area contributed by atoms with Crippen molar-refractivity contribution in [3.8, 4) is 5.88 Å². The van der Waals surface area contributed by atoms with Crippen molar-refractivity contribution in [1.29, 1.82) is 0 Å². The normalized spacial score (nSPS) is 18.3. The van der Waals surface area contributed by atoms with E-state index in [4.69, 9.17) is 32.7 Å². The van der Waals surface area contributed by atoms with Crippen LogP contribution in [0.1, 0.15) is 28.8 Å². The summed E-state index contributed by atoms with van der Waals surface area (Å²) in [6.45, 7) is 0.525. The number of amides is 1. The van der Waals surface area contributed by atoms with Gasteiger partial charge in [0.2, 0.25) is 5.88 Å². The third kappa shape index (κ3) is 5.96. The first kappa shape index (κ1) is 23.8. The second-order valence-electron chi connectivity index (χ2n) is 7.51. The Bertz CT molecular complexity index is 1110. The van der Waals surface area contributed by atoms with Crippen LogP contribution in [0.5, 0.6) is 5.88 Å². The molecule has 1 heterocycles. The van der Waals surface area contributed by atoms with E-state index in [1.807, 2.05) is 30.3 Å². The summed E-state index contributed by atoms with van der Waals surface area (Å²) in [5.41, 5.74) is 1.47. The van der Waals surface area contributed by atoms with Gasteiger partial charge in [0, 0.05) is 24.0 Å². The number of nitrogens with one attached hydrogen (secondary N) is 1. The lowest BCUT2D eigenvalue weighted by atomic mass is 9.92. The Morgan fingerprint density at radius 1 is 1.12 bits per heavy atom. The monoisotopic (exact) mass is 505 g/mol. The number of para-hydroxylation sites is 1. The summed E-state index contributed by atoms with van der Waals surface area (Å²) in [7, 11) is 0. The first-order chi connectivity index (χ1) is 15.9. The molecule has 1 aliphatic rings. The minimum atomic E-state index is -1.44. The fourth-order valence-corrected chi connectivity index (χ4v) is 4.13. The molecule has 2 aromatic carbocycles. The van der Waals surface area contributed by atoms with Crippen molar-refractivity contribution in [3.63, 3.8) is 0 Å². The van der Waals surface area contributed by atoms with Gasteiger partial charge >= 0.3 is 5.16 Å². The predicted molar refractivity (Wildman–Crippen MR) is 127 cm³/mol. The minimum Gasteiger partial charge on any atom is -0.609 e. The molecule has 1 fully saturated rings. The van der Waals surface area contributed by atoms with Crippen LogP contribution >= 0.6 is 23.2 Å². The molecular formula is C23H21Cl2N3O4S. The fraction of sp³-hybridized carbons (Fsp3) is 0.261. The number of carbonyl (C=O) groups is 1. The predicted octanol–water partition coefficient (Wildman–Crippen LogP) is 4.90. The van der Waals surface area contributed by atoms with Crippen LogP contribution in [0.3, 0.4) is 0 Å². The highest BCUT2D eigenvalue weighted by Crippen LogP contribution is 2.33. The molecule has 3 aromatic rings. The van der Waals surface area contributed by atoms with E-state index in [9.17, 15) is 9.35 Å². The van der Waals surface area contributed by atoms with Crippen molar-refractivity contribution in [2.75, 3.05) is 11.6 Å². The zero-order chi connectivity index (χ0) is 23.4. The lowest BCUT2D eigenvalue weighted by molar-refractivity contribution is -0.0698. The number of hydrogen-bond donors (Lipinski definition) is 1. The summed E-state index contributed by atoms with van der Waals surface area (Å²) in [6.07, 6.45) is 3.92. The summed E-state index contributed by atoms with van der Waals surface area (Å²) in [6, 6.07) is 14.8. The molecular weight excluding hydrogens is 485 g/mol. The molecule has 1 atom stereocenters. The summed E-state index contributed by atoms with van der Waals surface area (Å²) >= 11 is 10.9. The zero-order valence-electron chi connectivity index (χ0n) is 17.7. The zero-order valence-corrected chi connectivity index (χ0v) is 20.0.